The number of anilines is 2. The number of amides is 1. The van der Waals surface area contributed by atoms with Crippen molar-refractivity contribution >= 4 is 17.3 Å². The second kappa shape index (κ2) is 8.02. The van der Waals surface area contributed by atoms with Crippen molar-refractivity contribution in [3.05, 3.63) is 90.0 Å². The minimum Gasteiger partial charge on any atom is -0.487 e. The smallest absolute Gasteiger partial charge is 0.257 e. The van der Waals surface area contributed by atoms with Gasteiger partial charge in [0.15, 0.2) is 0 Å². The number of carbonyl (C=O) groups excluding carboxylic acids is 1. The van der Waals surface area contributed by atoms with Crippen LogP contribution in [0.3, 0.4) is 0 Å². The molecule has 0 radical (unpaired) electrons. The minimum atomic E-state index is -0.180. The first kappa shape index (κ1) is 16.6. The van der Waals surface area contributed by atoms with E-state index < -0.39 is 0 Å². The van der Waals surface area contributed by atoms with Gasteiger partial charge in [-0.1, -0.05) is 54.6 Å². The van der Waals surface area contributed by atoms with Gasteiger partial charge in [-0.15, -0.1) is 0 Å². The number of carbonyl (C=O) groups is 1. The van der Waals surface area contributed by atoms with Crippen molar-refractivity contribution in [2.75, 3.05) is 17.7 Å². The molecule has 2 N–H and O–H groups in total. The van der Waals surface area contributed by atoms with Crippen molar-refractivity contribution in [3.63, 3.8) is 0 Å². The van der Waals surface area contributed by atoms with Crippen LogP contribution in [-0.2, 0) is 6.61 Å². The van der Waals surface area contributed by atoms with E-state index in [-0.39, 0.29) is 5.91 Å². The third-order valence-corrected chi connectivity index (χ3v) is 3.81. The highest BCUT2D eigenvalue weighted by molar-refractivity contribution is 6.08. The van der Waals surface area contributed by atoms with Crippen LogP contribution in [0.1, 0.15) is 15.9 Å². The normalized spacial score (nSPS) is 10.1. The lowest BCUT2D eigenvalue weighted by atomic mass is 10.1. The molecule has 4 nitrogen and oxygen atoms in total. The van der Waals surface area contributed by atoms with Crippen molar-refractivity contribution in [1.29, 1.82) is 0 Å². The topological polar surface area (TPSA) is 50.4 Å². The van der Waals surface area contributed by atoms with Crippen molar-refractivity contribution in [2.45, 2.75) is 6.61 Å². The molecule has 25 heavy (non-hydrogen) atoms. The van der Waals surface area contributed by atoms with Gasteiger partial charge in [-0.2, -0.15) is 0 Å². The molecule has 0 saturated carbocycles. The van der Waals surface area contributed by atoms with Crippen LogP contribution in [0.15, 0.2) is 78.9 Å². The van der Waals surface area contributed by atoms with Crippen LogP contribution in [-0.4, -0.2) is 13.0 Å². The second-order valence-corrected chi connectivity index (χ2v) is 5.52. The molecule has 3 rings (SSSR count). The first-order valence-corrected chi connectivity index (χ1v) is 8.12. The van der Waals surface area contributed by atoms with Gasteiger partial charge >= 0.3 is 0 Å². The number of hydrogen-bond acceptors (Lipinski definition) is 3. The fraction of sp³-hybridized carbons (Fsp3) is 0.0952. The third kappa shape index (κ3) is 4.18. The van der Waals surface area contributed by atoms with Crippen LogP contribution >= 0.6 is 0 Å². The molecule has 3 aromatic rings. The van der Waals surface area contributed by atoms with Gasteiger partial charge in [0.25, 0.3) is 5.91 Å². The Labute approximate surface area is 147 Å². The highest BCUT2D eigenvalue weighted by Crippen LogP contribution is 2.26. The number of benzene rings is 3. The average molecular weight is 332 g/mol. The van der Waals surface area contributed by atoms with Crippen LogP contribution in [0.4, 0.5) is 11.4 Å². The van der Waals surface area contributed by atoms with Crippen LogP contribution in [0.2, 0.25) is 0 Å². The molecule has 0 spiro atoms. The Kier molecular flexibility index (Phi) is 5.32. The molecule has 0 aliphatic heterocycles. The highest BCUT2D eigenvalue weighted by Gasteiger charge is 2.12. The SMILES string of the molecule is CNc1ccccc1C(=O)Nc1ccccc1OCc1ccccc1. The van der Waals surface area contributed by atoms with Gasteiger partial charge in [0.2, 0.25) is 0 Å². The van der Waals surface area contributed by atoms with Crippen molar-refractivity contribution in [3.8, 4) is 5.75 Å². The Balaban J connectivity index is 1.75. The van der Waals surface area contributed by atoms with Gasteiger partial charge in [0.1, 0.15) is 12.4 Å². The Bertz CT molecular complexity index is 847. The maximum absolute atomic E-state index is 12.6. The fourth-order valence-corrected chi connectivity index (χ4v) is 2.52. The predicted octanol–water partition coefficient (Wildman–Crippen LogP) is 4.56. The molecule has 0 aliphatic carbocycles. The summed E-state index contributed by atoms with van der Waals surface area (Å²) in [6.07, 6.45) is 0. The molecular weight excluding hydrogens is 312 g/mol. The Morgan fingerprint density at radius 1 is 0.840 bits per heavy atom. The molecule has 0 fully saturated rings. The molecule has 1 amide bonds. The first-order chi connectivity index (χ1) is 12.3. The molecule has 0 saturated heterocycles. The van der Waals surface area contributed by atoms with E-state index in [4.69, 9.17) is 4.74 Å². The standard InChI is InChI=1S/C21H20N2O2/c1-22-18-12-6-5-11-17(18)21(24)23-19-13-7-8-14-20(19)25-15-16-9-3-2-4-10-16/h2-14,22H,15H2,1H3,(H,23,24). The third-order valence-electron chi connectivity index (χ3n) is 3.81. The van der Waals surface area contributed by atoms with E-state index in [2.05, 4.69) is 10.6 Å². The maximum atomic E-state index is 12.6. The van der Waals surface area contributed by atoms with Crippen molar-refractivity contribution in [2.24, 2.45) is 0 Å². The number of rotatable bonds is 6. The molecule has 0 bridgehead atoms. The maximum Gasteiger partial charge on any atom is 0.257 e. The lowest BCUT2D eigenvalue weighted by molar-refractivity contribution is 0.102. The van der Waals surface area contributed by atoms with Gasteiger partial charge in [0.05, 0.1) is 11.3 Å². The van der Waals surface area contributed by atoms with Gasteiger partial charge < -0.3 is 15.4 Å². The lowest BCUT2D eigenvalue weighted by Gasteiger charge is -2.14. The monoisotopic (exact) mass is 332 g/mol. The quantitative estimate of drug-likeness (QED) is 0.696. The average Bonchev–Trinajstić information content (AvgIpc) is 2.68. The van der Waals surface area contributed by atoms with E-state index in [1.165, 1.54) is 0 Å². The summed E-state index contributed by atoms with van der Waals surface area (Å²) in [6, 6.07) is 24.7. The highest BCUT2D eigenvalue weighted by atomic mass is 16.5. The predicted molar refractivity (Wildman–Crippen MR) is 101 cm³/mol. The summed E-state index contributed by atoms with van der Waals surface area (Å²) in [6.45, 7) is 0.445. The Hall–Kier alpha value is -3.27. The fourth-order valence-electron chi connectivity index (χ4n) is 2.52. The zero-order valence-electron chi connectivity index (χ0n) is 14.0. The number of hydrogen-bond donors (Lipinski definition) is 2. The van der Waals surface area contributed by atoms with E-state index in [0.717, 1.165) is 11.3 Å². The molecule has 0 unspecified atom stereocenters. The van der Waals surface area contributed by atoms with Crippen molar-refractivity contribution < 1.29 is 9.53 Å². The van der Waals surface area contributed by atoms with Crippen LogP contribution in [0.5, 0.6) is 5.75 Å². The van der Waals surface area contributed by atoms with E-state index in [9.17, 15) is 4.79 Å². The zero-order chi connectivity index (χ0) is 17.5. The number of ether oxygens (including phenoxy) is 1. The second-order valence-electron chi connectivity index (χ2n) is 5.52. The summed E-state index contributed by atoms with van der Waals surface area (Å²) in [5.41, 5.74) is 3.09. The summed E-state index contributed by atoms with van der Waals surface area (Å²) in [5, 5.41) is 5.97. The molecule has 0 atom stereocenters. The molecule has 0 aliphatic rings. The molecule has 0 heterocycles. The summed E-state index contributed by atoms with van der Waals surface area (Å²) in [4.78, 5) is 12.6. The summed E-state index contributed by atoms with van der Waals surface area (Å²) < 4.78 is 5.89. The van der Waals surface area contributed by atoms with E-state index in [1.54, 1.807) is 13.1 Å². The van der Waals surface area contributed by atoms with E-state index >= 15 is 0 Å². The minimum absolute atomic E-state index is 0.180. The van der Waals surface area contributed by atoms with E-state index in [1.807, 2.05) is 72.8 Å². The van der Waals surface area contributed by atoms with Crippen LogP contribution in [0, 0.1) is 0 Å². The molecule has 3 aromatic carbocycles. The largest absolute Gasteiger partial charge is 0.487 e. The lowest BCUT2D eigenvalue weighted by Crippen LogP contribution is -2.14. The van der Waals surface area contributed by atoms with Gasteiger partial charge in [-0.25, -0.2) is 0 Å². The van der Waals surface area contributed by atoms with Crippen molar-refractivity contribution in [1.82, 2.24) is 0 Å². The molecule has 4 heteroatoms. The first-order valence-electron chi connectivity index (χ1n) is 8.12. The summed E-state index contributed by atoms with van der Waals surface area (Å²) in [5.74, 6) is 0.461. The van der Waals surface area contributed by atoms with Crippen LogP contribution in [0.25, 0.3) is 0 Å². The van der Waals surface area contributed by atoms with Gasteiger partial charge in [0, 0.05) is 12.7 Å². The summed E-state index contributed by atoms with van der Waals surface area (Å²) in [7, 11) is 1.79. The number of para-hydroxylation sites is 3. The van der Waals surface area contributed by atoms with Crippen LogP contribution < -0.4 is 15.4 Å². The van der Waals surface area contributed by atoms with E-state index in [0.29, 0.717) is 23.6 Å². The molecule has 0 aromatic heterocycles. The Morgan fingerprint density at radius 3 is 2.24 bits per heavy atom. The number of nitrogens with one attached hydrogen (secondary N) is 2. The molecular formula is C21H20N2O2. The zero-order valence-corrected chi connectivity index (χ0v) is 14.0. The van der Waals surface area contributed by atoms with Gasteiger partial charge in [-0.3, -0.25) is 4.79 Å². The van der Waals surface area contributed by atoms with Gasteiger partial charge in [-0.05, 0) is 29.8 Å². The Morgan fingerprint density at radius 2 is 1.48 bits per heavy atom. The summed E-state index contributed by atoms with van der Waals surface area (Å²) >= 11 is 0. The molecule has 126 valence electrons.